The molecular formula is C17H27FN2. The van der Waals surface area contributed by atoms with Crippen molar-refractivity contribution in [1.29, 1.82) is 0 Å². The predicted octanol–water partition coefficient (Wildman–Crippen LogP) is 3.51. The van der Waals surface area contributed by atoms with Gasteiger partial charge in [-0.2, -0.15) is 0 Å². The Balaban J connectivity index is 2.30. The van der Waals surface area contributed by atoms with Gasteiger partial charge < -0.3 is 5.73 Å². The first-order valence-corrected chi connectivity index (χ1v) is 7.75. The Morgan fingerprint density at radius 1 is 1.05 bits per heavy atom. The Hall–Kier alpha value is -0.930. The van der Waals surface area contributed by atoms with Gasteiger partial charge in [0, 0.05) is 6.04 Å². The first-order chi connectivity index (χ1) is 9.46. The number of nitrogens with two attached hydrogens (primary N) is 1. The highest BCUT2D eigenvalue weighted by atomic mass is 19.1. The molecule has 1 saturated heterocycles. The molecule has 1 heterocycles. The Kier molecular flexibility index (Phi) is 4.82. The molecular weight excluding hydrogens is 251 g/mol. The van der Waals surface area contributed by atoms with Crippen molar-refractivity contribution in [2.75, 3.05) is 13.1 Å². The summed E-state index contributed by atoms with van der Waals surface area (Å²) in [4.78, 5) is 2.49. The van der Waals surface area contributed by atoms with Gasteiger partial charge in [0.05, 0.1) is 5.54 Å². The van der Waals surface area contributed by atoms with Crippen LogP contribution in [0.2, 0.25) is 0 Å². The molecule has 20 heavy (non-hydrogen) atoms. The van der Waals surface area contributed by atoms with Gasteiger partial charge in [0.25, 0.3) is 0 Å². The van der Waals surface area contributed by atoms with E-state index in [4.69, 9.17) is 5.73 Å². The molecule has 1 aromatic carbocycles. The standard InChI is InChI=1S/C17H27FN2/c1-13(2)17(19,15-7-9-16(18)10-8-15)14(3)20-11-5-4-6-12-20/h7-10,13-14H,4-6,11-12,19H2,1-3H3. The van der Waals surface area contributed by atoms with Crippen molar-refractivity contribution in [2.24, 2.45) is 11.7 Å². The second-order valence-electron chi connectivity index (χ2n) is 6.37. The van der Waals surface area contributed by atoms with Gasteiger partial charge in [-0.25, -0.2) is 4.39 Å². The van der Waals surface area contributed by atoms with Gasteiger partial charge in [-0.15, -0.1) is 0 Å². The molecule has 1 aliphatic rings. The maximum atomic E-state index is 13.2. The molecule has 2 unspecified atom stereocenters. The first kappa shape index (κ1) is 15.5. The van der Waals surface area contributed by atoms with E-state index in [1.54, 1.807) is 0 Å². The first-order valence-electron chi connectivity index (χ1n) is 7.75. The second-order valence-corrected chi connectivity index (χ2v) is 6.37. The molecule has 112 valence electrons. The van der Waals surface area contributed by atoms with Gasteiger partial charge in [0.15, 0.2) is 0 Å². The van der Waals surface area contributed by atoms with Crippen LogP contribution in [-0.2, 0) is 5.54 Å². The van der Waals surface area contributed by atoms with Gasteiger partial charge in [-0.1, -0.05) is 32.4 Å². The largest absolute Gasteiger partial charge is 0.320 e. The van der Waals surface area contributed by atoms with E-state index < -0.39 is 5.54 Å². The predicted molar refractivity (Wildman–Crippen MR) is 82.0 cm³/mol. The molecule has 2 atom stereocenters. The Morgan fingerprint density at radius 2 is 1.60 bits per heavy atom. The summed E-state index contributed by atoms with van der Waals surface area (Å²) in [6, 6.07) is 6.98. The van der Waals surface area contributed by atoms with Crippen LogP contribution >= 0.6 is 0 Å². The average Bonchev–Trinajstić information content (AvgIpc) is 2.47. The Morgan fingerprint density at radius 3 is 2.10 bits per heavy atom. The minimum atomic E-state index is -0.439. The third-order valence-electron chi connectivity index (χ3n) is 4.93. The summed E-state index contributed by atoms with van der Waals surface area (Å²) in [5, 5.41) is 0. The zero-order valence-corrected chi connectivity index (χ0v) is 12.9. The lowest BCUT2D eigenvalue weighted by Gasteiger charge is -2.46. The van der Waals surface area contributed by atoms with Crippen molar-refractivity contribution in [1.82, 2.24) is 4.90 Å². The molecule has 0 aromatic heterocycles. The fourth-order valence-electron chi connectivity index (χ4n) is 3.40. The highest BCUT2D eigenvalue weighted by Gasteiger charge is 2.40. The van der Waals surface area contributed by atoms with E-state index in [1.165, 1.54) is 31.4 Å². The van der Waals surface area contributed by atoms with Crippen LogP contribution in [0, 0.1) is 11.7 Å². The second kappa shape index (κ2) is 6.23. The van der Waals surface area contributed by atoms with Crippen LogP contribution in [0.1, 0.15) is 45.6 Å². The number of nitrogens with zero attached hydrogens (tertiary/aromatic N) is 1. The van der Waals surface area contributed by atoms with Crippen LogP contribution in [0.4, 0.5) is 4.39 Å². The number of hydrogen-bond acceptors (Lipinski definition) is 2. The van der Waals surface area contributed by atoms with E-state index in [0.717, 1.165) is 18.7 Å². The molecule has 0 spiro atoms. The van der Waals surface area contributed by atoms with Crippen LogP contribution < -0.4 is 5.73 Å². The van der Waals surface area contributed by atoms with Gasteiger partial charge in [0.2, 0.25) is 0 Å². The number of likely N-dealkylation sites (tertiary alicyclic amines) is 1. The molecule has 0 aliphatic carbocycles. The van der Waals surface area contributed by atoms with Crippen molar-refractivity contribution in [3.05, 3.63) is 35.6 Å². The van der Waals surface area contributed by atoms with Gasteiger partial charge in [-0.3, -0.25) is 4.90 Å². The summed E-state index contributed by atoms with van der Waals surface area (Å²) < 4.78 is 13.2. The molecule has 3 heteroatoms. The van der Waals surface area contributed by atoms with Crippen LogP contribution in [0.15, 0.2) is 24.3 Å². The van der Waals surface area contributed by atoms with Crippen LogP contribution in [0.25, 0.3) is 0 Å². The summed E-state index contributed by atoms with van der Waals surface area (Å²) in [5.74, 6) is 0.0929. The fourth-order valence-corrected chi connectivity index (χ4v) is 3.40. The number of benzene rings is 1. The number of rotatable bonds is 4. The van der Waals surface area contributed by atoms with Crippen LogP contribution in [-0.4, -0.2) is 24.0 Å². The summed E-state index contributed by atoms with van der Waals surface area (Å²) in [5.41, 5.74) is 7.42. The lowest BCUT2D eigenvalue weighted by molar-refractivity contribution is 0.0823. The van der Waals surface area contributed by atoms with Crippen molar-refractivity contribution >= 4 is 0 Å². The normalized spacial score (nSPS) is 21.7. The minimum absolute atomic E-state index is 0.203. The molecule has 0 amide bonds. The van der Waals surface area contributed by atoms with E-state index in [9.17, 15) is 4.39 Å². The topological polar surface area (TPSA) is 29.3 Å². The van der Waals surface area contributed by atoms with Crippen molar-refractivity contribution < 1.29 is 4.39 Å². The zero-order valence-electron chi connectivity index (χ0n) is 12.9. The Bertz CT molecular complexity index is 423. The molecule has 1 aliphatic heterocycles. The maximum absolute atomic E-state index is 13.2. The van der Waals surface area contributed by atoms with Gasteiger partial charge in [-0.05, 0) is 56.5 Å². The number of halogens is 1. The molecule has 1 aromatic rings. The molecule has 2 rings (SSSR count). The van der Waals surface area contributed by atoms with E-state index in [-0.39, 0.29) is 11.9 Å². The third-order valence-corrected chi connectivity index (χ3v) is 4.93. The number of hydrogen-bond donors (Lipinski definition) is 1. The quantitative estimate of drug-likeness (QED) is 0.913. The molecule has 0 saturated carbocycles. The van der Waals surface area contributed by atoms with Gasteiger partial charge in [0.1, 0.15) is 5.82 Å². The molecule has 2 N–H and O–H groups in total. The van der Waals surface area contributed by atoms with E-state index in [2.05, 4.69) is 25.7 Å². The van der Waals surface area contributed by atoms with Crippen molar-refractivity contribution in [3.63, 3.8) is 0 Å². The van der Waals surface area contributed by atoms with Crippen LogP contribution in [0.3, 0.4) is 0 Å². The Labute approximate surface area is 122 Å². The highest BCUT2D eigenvalue weighted by Crippen LogP contribution is 2.34. The van der Waals surface area contributed by atoms with Crippen molar-refractivity contribution in [2.45, 2.75) is 51.6 Å². The monoisotopic (exact) mass is 278 g/mol. The summed E-state index contributed by atoms with van der Waals surface area (Å²) >= 11 is 0. The molecule has 0 bridgehead atoms. The fraction of sp³-hybridized carbons (Fsp3) is 0.647. The average molecular weight is 278 g/mol. The zero-order chi connectivity index (χ0) is 14.8. The van der Waals surface area contributed by atoms with E-state index in [1.807, 2.05) is 12.1 Å². The minimum Gasteiger partial charge on any atom is -0.320 e. The summed E-state index contributed by atoms with van der Waals surface area (Å²) in [6.07, 6.45) is 3.82. The van der Waals surface area contributed by atoms with E-state index >= 15 is 0 Å². The summed E-state index contributed by atoms with van der Waals surface area (Å²) in [6.45, 7) is 8.77. The summed E-state index contributed by atoms with van der Waals surface area (Å²) in [7, 11) is 0. The van der Waals surface area contributed by atoms with Crippen LogP contribution in [0.5, 0.6) is 0 Å². The lowest BCUT2D eigenvalue weighted by Crippen LogP contribution is -2.58. The van der Waals surface area contributed by atoms with E-state index in [0.29, 0.717) is 5.92 Å². The SMILES string of the molecule is CC(C)C(N)(c1ccc(F)cc1)C(C)N1CCCCC1. The molecule has 2 nitrogen and oxygen atoms in total. The lowest BCUT2D eigenvalue weighted by atomic mass is 9.74. The maximum Gasteiger partial charge on any atom is 0.123 e. The number of piperidine rings is 1. The smallest absolute Gasteiger partial charge is 0.123 e. The van der Waals surface area contributed by atoms with Crippen molar-refractivity contribution in [3.8, 4) is 0 Å². The molecule has 1 fully saturated rings. The molecule has 0 radical (unpaired) electrons. The third kappa shape index (κ3) is 2.89. The van der Waals surface area contributed by atoms with Gasteiger partial charge >= 0.3 is 0 Å². The highest BCUT2D eigenvalue weighted by molar-refractivity contribution is 5.27.